The third kappa shape index (κ3) is 4.91. The van der Waals surface area contributed by atoms with Crippen LogP contribution in [0.1, 0.15) is 16.7 Å². The van der Waals surface area contributed by atoms with Crippen LogP contribution < -0.4 is 0 Å². The Labute approximate surface area is 170 Å². The topological polar surface area (TPSA) is 77.9 Å². The van der Waals surface area contributed by atoms with E-state index in [1.807, 2.05) is 24.3 Å². The van der Waals surface area contributed by atoms with Crippen molar-refractivity contribution in [3.63, 3.8) is 0 Å². The van der Waals surface area contributed by atoms with Gasteiger partial charge in [-0.3, -0.25) is 9.69 Å². The summed E-state index contributed by atoms with van der Waals surface area (Å²) in [5, 5.41) is 9.72. The molecule has 1 fully saturated rings. The molecule has 3 rings (SSSR count). The van der Waals surface area contributed by atoms with Crippen LogP contribution >= 0.6 is 11.6 Å². The third-order valence-corrected chi connectivity index (χ3v) is 7.10. The number of aryl methyl sites for hydroxylation is 1. The summed E-state index contributed by atoms with van der Waals surface area (Å²) in [4.78, 5) is 13.4. The fourth-order valence-corrected chi connectivity index (χ4v) is 4.89. The Hall–Kier alpha value is -1.93. The summed E-state index contributed by atoms with van der Waals surface area (Å²) < 4.78 is 27.4. The number of nitrogens with zero attached hydrogens (tertiary/aromatic N) is 2. The first-order valence-corrected chi connectivity index (χ1v) is 10.9. The molecule has 8 heteroatoms. The van der Waals surface area contributed by atoms with Crippen molar-refractivity contribution in [2.24, 2.45) is 0 Å². The fourth-order valence-electron chi connectivity index (χ4n) is 3.29. The average Bonchev–Trinajstić information content (AvgIpc) is 2.65. The quantitative estimate of drug-likeness (QED) is 0.774. The highest BCUT2D eigenvalue weighted by atomic mass is 35.5. The van der Waals surface area contributed by atoms with Gasteiger partial charge in [-0.2, -0.15) is 4.31 Å². The van der Waals surface area contributed by atoms with Gasteiger partial charge in [-0.25, -0.2) is 8.42 Å². The van der Waals surface area contributed by atoms with Gasteiger partial charge in [0.2, 0.25) is 10.0 Å². The summed E-state index contributed by atoms with van der Waals surface area (Å²) >= 11 is 5.91. The highest BCUT2D eigenvalue weighted by Crippen LogP contribution is 2.22. The maximum atomic E-state index is 13.0. The maximum Gasteiger partial charge on any atom is 0.307 e. The Kier molecular flexibility index (Phi) is 6.40. The monoisotopic (exact) mass is 422 g/mol. The molecule has 0 amide bonds. The predicted molar refractivity (Wildman–Crippen MR) is 108 cm³/mol. The van der Waals surface area contributed by atoms with E-state index in [2.05, 4.69) is 4.90 Å². The SMILES string of the molecule is Cc1ccc(S(=O)(=O)N2CCN(Cc3ccc(Cl)cc3)CC2)cc1CC(=O)O. The summed E-state index contributed by atoms with van der Waals surface area (Å²) in [6.45, 7) is 4.60. The van der Waals surface area contributed by atoms with Gasteiger partial charge in [0.15, 0.2) is 0 Å². The first-order chi connectivity index (χ1) is 13.3. The highest BCUT2D eigenvalue weighted by molar-refractivity contribution is 7.89. The van der Waals surface area contributed by atoms with Crippen LogP contribution in [-0.4, -0.2) is 54.9 Å². The van der Waals surface area contributed by atoms with Crippen LogP contribution in [0.15, 0.2) is 47.4 Å². The van der Waals surface area contributed by atoms with E-state index in [1.165, 1.54) is 10.4 Å². The molecule has 6 nitrogen and oxygen atoms in total. The zero-order valence-corrected chi connectivity index (χ0v) is 17.2. The molecule has 0 bridgehead atoms. The number of carbonyl (C=O) groups is 1. The second-order valence-electron chi connectivity index (χ2n) is 6.97. The smallest absolute Gasteiger partial charge is 0.307 e. The fraction of sp³-hybridized carbons (Fsp3) is 0.350. The largest absolute Gasteiger partial charge is 0.481 e. The number of carboxylic acids is 1. The summed E-state index contributed by atoms with van der Waals surface area (Å²) in [6.07, 6.45) is -0.190. The molecule has 1 saturated heterocycles. The molecule has 1 aliphatic heterocycles. The van der Waals surface area contributed by atoms with E-state index in [4.69, 9.17) is 16.7 Å². The van der Waals surface area contributed by atoms with Crippen molar-refractivity contribution in [1.82, 2.24) is 9.21 Å². The predicted octanol–water partition coefficient (Wildman–Crippen LogP) is 2.78. The van der Waals surface area contributed by atoms with E-state index in [1.54, 1.807) is 19.1 Å². The molecule has 0 aliphatic carbocycles. The van der Waals surface area contributed by atoms with Crippen molar-refractivity contribution in [3.8, 4) is 0 Å². The molecule has 1 aliphatic rings. The lowest BCUT2D eigenvalue weighted by atomic mass is 10.1. The summed E-state index contributed by atoms with van der Waals surface area (Å²) in [7, 11) is -3.64. The molecule has 2 aromatic carbocycles. The van der Waals surface area contributed by atoms with Crippen molar-refractivity contribution < 1.29 is 18.3 Å². The number of benzene rings is 2. The van der Waals surface area contributed by atoms with E-state index < -0.39 is 16.0 Å². The summed E-state index contributed by atoms with van der Waals surface area (Å²) in [6, 6.07) is 12.4. The van der Waals surface area contributed by atoms with Crippen LogP contribution in [0.2, 0.25) is 5.02 Å². The minimum Gasteiger partial charge on any atom is -0.481 e. The van der Waals surface area contributed by atoms with Crippen molar-refractivity contribution in [3.05, 3.63) is 64.2 Å². The molecule has 0 atom stereocenters. The molecular formula is C20H23ClN2O4S. The van der Waals surface area contributed by atoms with Crippen molar-refractivity contribution in [2.75, 3.05) is 26.2 Å². The molecule has 2 aromatic rings. The van der Waals surface area contributed by atoms with Crippen LogP contribution in [0, 0.1) is 6.92 Å². The zero-order valence-electron chi connectivity index (χ0n) is 15.6. The Morgan fingerprint density at radius 3 is 2.32 bits per heavy atom. The molecule has 0 unspecified atom stereocenters. The number of hydrogen-bond acceptors (Lipinski definition) is 4. The Morgan fingerprint density at radius 2 is 1.71 bits per heavy atom. The molecular weight excluding hydrogens is 400 g/mol. The Bertz CT molecular complexity index is 953. The van der Waals surface area contributed by atoms with Crippen LogP contribution in [0.3, 0.4) is 0 Å². The molecule has 0 saturated carbocycles. The number of piperazine rings is 1. The van der Waals surface area contributed by atoms with Gasteiger partial charge in [0.05, 0.1) is 11.3 Å². The number of rotatable bonds is 6. The standard InChI is InChI=1S/C20H23ClN2O4S/c1-15-2-7-19(12-17(15)13-20(24)25)28(26,27)23-10-8-22(9-11-23)14-16-3-5-18(21)6-4-16/h2-7,12H,8-11,13-14H2,1H3,(H,24,25). The summed E-state index contributed by atoms with van der Waals surface area (Å²) in [5.74, 6) is -0.978. The van der Waals surface area contributed by atoms with Gasteiger partial charge in [0, 0.05) is 37.7 Å². The molecule has 0 spiro atoms. The number of halogens is 1. The van der Waals surface area contributed by atoms with Gasteiger partial charge in [-0.1, -0.05) is 29.8 Å². The molecule has 1 N–H and O–H groups in total. The minimum absolute atomic E-state index is 0.153. The normalized spacial score (nSPS) is 16.2. The van der Waals surface area contributed by atoms with Gasteiger partial charge in [-0.05, 0) is 47.9 Å². The van der Waals surface area contributed by atoms with Crippen LogP contribution in [-0.2, 0) is 27.8 Å². The van der Waals surface area contributed by atoms with Crippen molar-refractivity contribution >= 4 is 27.6 Å². The number of sulfonamides is 1. The lowest BCUT2D eigenvalue weighted by Gasteiger charge is -2.34. The molecule has 0 aromatic heterocycles. The second-order valence-corrected chi connectivity index (χ2v) is 9.34. The van der Waals surface area contributed by atoms with Gasteiger partial charge >= 0.3 is 5.97 Å². The third-order valence-electron chi connectivity index (χ3n) is 4.95. The Morgan fingerprint density at radius 1 is 1.07 bits per heavy atom. The zero-order chi connectivity index (χ0) is 20.3. The lowest BCUT2D eigenvalue weighted by molar-refractivity contribution is -0.136. The molecule has 0 radical (unpaired) electrons. The van der Waals surface area contributed by atoms with E-state index in [0.717, 1.165) is 17.7 Å². The average molecular weight is 423 g/mol. The van der Waals surface area contributed by atoms with Gasteiger partial charge in [-0.15, -0.1) is 0 Å². The molecule has 1 heterocycles. The first-order valence-electron chi connectivity index (χ1n) is 9.04. The van der Waals surface area contributed by atoms with E-state index >= 15 is 0 Å². The van der Waals surface area contributed by atoms with E-state index in [-0.39, 0.29) is 11.3 Å². The van der Waals surface area contributed by atoms with E-state index in [9.17, 15) is 13.2 Å². The van der Waals surface area contributed by atoms with Crippen LogP contribution in [0.25, 0.3) is 0 Å². The number of aliphatic carboxylic acids is 1. The lowest BCUT2D eigenvalue weighted by Crippen LogP contribution is -2.48. The molecule has 28 heavy (non-hydrogen) atoms. The highest BCUT2D eigenvalue weighted by Gasteiger charge is 2.29. The number of hydrogen-bond donors (Lipinski definition) is 1. The number of carboxylic acid groups (broad SMARTS) is 1. The van der Waals surface area contributed by atoms with Crippen LogP contribution in [0.4, 0.5) is 0 Å². The van der Waals surface area contributed by atoms with Gasteiger partial charge < -0.3 is 5.11 Å². The minimum atomic E-state index is -3.64. The summed E-state index contributed by atoms with van der Waals surface area (Å²) in [5.41, 5.74) is 2.43. The second kappa shape index (κ2) is 8.61. The van der Waals surface area contributed by atoms with Crippen molar-refractivity contribution in [1.29, 1.82) is 0 Å². The van der Waals surface area contributed by atoms with Crippen molar-refractivity contribution in [2.45, 2.75) is 24.8 Å². The maximum absolute atomic E-state index is 13.0. The van der Waals surface area contributed by atoms with Crippen LogP contribution in [0.5, 0.6) is 0 Å². The first kappa shape index (κ1) is 20.8. The van der Waals surface area contributed by atoms with Gasteiger partial charge in [0.25, 0.3) is 0 Å². The molecule has 150 valence electrons. The Balaban J connectivity index is 1.67. The van der Waals surface area contributed by atoms with E-state index in [0.29, 0.717) is 36.8 Å². The van der Waals surface area contributed by atoms with Gasteiger partial charge in [0.1, 0.15) is 0 Å².